The summed E-state index contributed by atoms with van der Waals surface area (Å²) in [7, 11) is 0. The standard InChI is InChI=1S/C20H21ClFN3O3/c21-15-3-1-14(2-4-15)20(27)23-8-7-19(26)24-16-5-6-18(17(22)13-16)25-9-11-28-12-10-25/h1-6,13H,7-12H2,(H,23,27)(H,24,26). The summed E-state index contributed by atoms with van der Waals surface area (Å²) in [5, 5.41) is 5.85. The molecule has 1 fully saturated rings. The van der Waals surface area contributed by atoms with Crippen molar-refractivity contribution in [3.05, 3.63) is 58.9 Å². The third-order valence-electron chi connectivity index (χ3n) is 4.33. The van der Waals surface area contributed by atoms with Crippen LogP contribution in [0.1, 0.15) is 16.8 Å². The van der Waals surface area contributed by atoms with Crippen LogP contribution in [0, 0.1) is 5.82 Å². The van der Waals surface area contributed by atoms with Crippen LogP contribution in [0.25, 0.3) is 0 Å². The van der Waals surface area contributed by atoms with Crippen molar-refractivity contribution in [2.24, 2.45) is 0 Å². The van der Waals surface area contributed by atoms with Crippen LogP contribution in [0.15, 0.2) is 42.5 Å². The topological polar surface area (TPSA) is 70.7 Å². The maximum atomic E-state index is 14.4. The van der Waals surface area contributed by atoms with Crippen LogP contribution in [-0.2, 0) is 9.53 Å². The van der Waals surface area contributed by atoms with Gasteiger partial charge in [-0.2, -0.15) is 0 Å². The summed E-state index contributed by atoms with van der Waals surface area (Å²) in [6, 6.07) is 11.1. The molecule has 6 nitrogen and oxygen atoms in total. The van der Waals surface area contributed by atoms with Crippen LogP contribution < -0.4 is 15.5 Å². The molecule has 0 saturated carbocycles. The van der Waals surface area contributed by atoms with E-state index in [0.717, 1.165) is 0 Å². The first kappa shape index (κ1) is 20.1. The van der Waals surface area contributed by atoms with Crippen LogP contribution >= 0.6 is 11.6 Å². The van der Waals surface area contributed by atoms with Gasteiger partial charge in [-0.15, -0.1) is 0 Å². The summed E-state index contributed by atoms with van der Waals surface area (Å²) in [4.78, 5) is 25.9. The molecule has 2 N–H and O–H groups in total. The molecular weight excluding hydrogens is 385 g/mol. The Kier molecular flexibility index (Phi) is 6.84. The highest BCUT2D eigenvalue weighted by molar-refractivity contribution is 6.30. The first-order valence-corrected chi connectivity index (χ1v) is 9.36. The van der Waals surface area contributed by atoms with E-state index in [9.17, 15) is 14.0 Å². The fourth-order valence-electron chi connectivity index (χ4n) is 2.86. The molecule has 0 unspecified atom stereocenters. The first-order chi connectivity index (χ1) is 13.5. The van der Waals surface area contributed by atoms with Gasteiger partial charge >= 0.3 is 0 Å². The molecule has 1 aliphatic heterocycles. The number of rotatable bonds is 6. The lowest BCUT2D eigenvalue weighted by atomic mass is 10.2. The molecule has 2 aromatic carbocycles. The normalized spacial score (nSPS) is 13.9. The number of carbonyl (C=O) groups is 2. The van der Waals surface area contributed by atoms with Crippen LogP contribution in [0.3, 0.4) is 0 Å². The molecule has 0 radical (unpaired) electrons. The zero-order valence-electron chi connectivity index (χ0n) is 15.2. The molecular formula is C20H21ClFN3O3. The molecule has 2 aromatic rings. The second-order valence-corrected chi connectivity index (χ2v) is 6.76. The van der Waals surface area contributed by atoms with Crippen molar-refractivity contribution in [1.29, 1.82) is 0 Å². The average Bonchev–Trinajstić information content (AvgIpc) is 2.69. The number of benzene rings is 2. The molecule has 0 bridgehead atoms. The van der Waals surface area contributed by atoms with Gasteiger partial charge in [0.25, 0.3) is 5.91 Å². The number of nitrogens with one attached hydrogen (secondary N) is 2. The van der Waals surface area contributed by atoms with Gasteiger partial charge in [-0.25, -0.2) is 4.39 Å². The number of halogens is 2. The SMILES string of the molecule is O=C(CCNC(=O)c1ccc(Cl)cc1)Nc1ccc(N2CCOCC2)c(F)c1. The van der Waals surface area contributed by atoms with E-state index in [4.69, 9.17) is 16.3 Å². The molecule has 2 amide bonds. The van der Waals surface area contributed by atoms with Crippen molar-refractivity contribution in [3.63, 3.8) is 0 Å². The van der Waals surface area contributed by atoms with Gasteiger partial charge in [0, 0.05) is 42.3 Å². The Morgan fingerprint density at radius 1 is 1.11 bits per heavy atom. The summed E-state index contributed by atoms with van der Waals surface area (Å²) in [5.74, 6) is -0.990. The molecule has 0 spiro atoms. The number of hydrogen-bond donors (Lipinski definition) is 2. The summed E-state index contributed by atoms with van der Waals surface area (Å²) in [5.41, 5.74) is 1.34. The van der Waals surface area contributed by atoms with Gasteiger partial charge in [0.15, 0.2) is 0 Å². The van der Waals surface area contributed by atoms with E-state index in [1.807, 2.05) is 4.90 Å². The summed E-state index contributed by atoms with van der Waals surface area (Å²) in [6.45, 7) is 2.58. The maximum Gasteiger partial charge on any atom is 0.251 e. The van der Waals surface area contributed by atoms with Crippen LogP contribution in [0.2, 0.25) is 5.02 Å². The number of nitrogens with zero attached hydrogens (tertiary/aromatic N) is 1. The minimum Gasteiger partial charge on any atom is -0.378 e. The predicted molar refractivity (Wildman–Crippen MR) is 106 cm³/mol. The van der Waals surface area contributed by atoms with Gasteiger partial charge in [-0.05, 0) is 42.5 Å². The van der Waals surface area contributed by atoms with Crippen LogP contribution in [-0.4, -0.2) is 44.7 Å². The van der Waals surface area contributed by atoms with E-state index in [1.165, 1.54) is 6.07 Å². The highest BCUT2D eigenvalue weighted by Gasteiger charge is 2.16. The van der Waals surface area contributed by atoms with Gasteiger partial charge in [-0.3, -0.25) is 9.59 Å². The molecule has 3 rings (SSSR count). The number of ether oxygens (including phenoxy) is 1. The Morgan fingerprint density at radius 2 is 1.82 bits per heavy atom. The quantitative estimate of drug-likeness (QED) is 0.774. The van der Waals surface area contributed by atoms with Crippen molar-refractivity contribution < 1.29 is 18.7 Å². The van der Waals surface area contributed by atoms with Crippen LogP contribution in [0.4, 0.5) is 15.8 Å². The van der Waals surface area contributed by atoms with E-state index < -0.39 is 5.82 Å². The molecule has 0 aromatic heterocycles. The molecule has 1 heterocycles. The van der Waals surface area contributed by atoms with Gasteiger partial charge in [-0.1, -0.05) is 11.6 Å². The molecule has 28 heavy (non-hydrogen) atoms. The van der Waals surface area contributed by atoms with Crippen molar-refractivity contribution in [2.75, 3.05) is 43.1 Å². The third kappa shape index (κ3) is 5.43. The summed E-state index contributed by atoms with van der Waals surface area (Å²) >= 11 is 5.78. The van der Waals surface area contributed by atoms with E-state index in [0.29, 0.717) is 48.3 Å². The highest BCUT2D eigenvalue weighted by Crippen LogP contribution is 2.23. The lowest BCUT2D eigenvalue weighted by Gasteiger charge is -2.29. The van der Waals surface area contributed by atoms with Crippen LogP contribution in [0.5, 0.6) is 0 Å². The minimum atomic E-state index is -0.393. The van der Waals surface area contributed by atoms with Gasteiger partial charge in [0.2, 0.25) is 5.91 Å². The van der Waals surface area contributed by atoms with E-state index >= 15 is 0 Å². The maximum absolute atomic E-state index is 14.4. The van der Waals surface area contributed by atoms with Crippen molar-refractivity contribution in [3.8, 4) is 0 Å². The zero-order valence-corrected chi connectivity index (χ0v) is 16.0. The van der Waals surface area contributed by atoms with Crippen molar-refractivity contribution >= 4 is 34.8 Å². The van der Waals surface area contributed by atoms with E-state index in [-0.39, 0.29) is 24.8 Å². The second-order valence-electron chi connectivity index (χ2n) is 6.33. The largest absolute Gasteiger partial charge is 0.378 e. The Morgan fingerprint density at radius 3 is 2.50 bits per heavy atom. The molecule has 0 aliphatic carbocycles. The van der Waals surface area contributed by atoms with Gasteiger partial charge < -0.3 is 20.3 Å². The number of morpholine rings is 1. The summed E-state index contributed by atoms with van der Waals surface area (Å²) < 4.78 is 19.6. The highest BCUT2D eigenvalue weighted by atomic mass is 35.5. The Balaban J connectivity index is 1.47. The molecule has 148 valence electrons. The predicted octanol–water partition coefficient (Wildman–Crippen LogP) is 3.07. The smallest absolute Gasteiger partial charge is 0.251 e. The van der Waals surface area contributed by atoms with Crippen molar-refractivity contribution in [2.45, 2.75) is 6.42 Å². The number of amides is 2. The average molecular weight is 406 g/mol. The Bertz CT molecular complexity index is 839. The van der Waals surface area contributed by atoms with Gasteiger partial charge in [0.1, 0.15) is 5.82 Å². The van der Waals surface area contributed by atoms with Crippen molar-refractivity contribution in [1.82, 2.24) is 5.32 Å². The number of anilines is 2. The fourth-order valence-corrected chi connectivity index (χ4v) is 2.99. The fraction of sp³-hybridized carbons (Fsp3) is 0.300. The zero-order chi connectivity index (χ0) is 19.9. The molecule has 1 aliphatic rings. The molecule has 8 heteroatoms. The third-order valence-corrected chi connectivity index (χ3v) is 4.58. The number of hydrogen-bond acceptors (Lipinski definition) is 4. The van der Waals surface area contributed by atoms with Gasteiger partial charge in [0.05, 0.1) is 18.9 Å². The second kappa shape index (κ2) is 9.52. The Hall–Kier alpha value is -2.64. The number of carbonyl (C=O) groups excluding carboxylic acids is 2. The Labute approximate surface area is 167 Å². The monoisotopic (exact) mass is 405 g/mol. The summed E-state index contributed by atoms with van der Waals surface area (Å²) in [6.07, 6.45) is 0.0756. The van der Waals surface area contributed by atoms with E-state index in [2.05, 4.69) is 10.6 Å². The molecule has 1 saturated heterocycles. The first-order valence-electron chi connectivity index (χ1n) is 8.99. The lowest BCUT2D eigenvalue weighted by Crippen LogP contribution is -2.36. The van der Waals surface area contributed by atoms with E-state index in [1.54, 1.807) is 36.4 Å². The minimum absolute atomic E-state index is 0.0756. The molecule has 0 atom stereocenters. The lowest BCUT2D eigenvalue weighted by molar-refractivity contribution is -0.116.